The Balaban J connectivity index is 1.96. The molecule has 0 spiro atoms. The van der Waals surface area contributed by atoms with E-state index in [9.17, 15) is 0 Å². The molecule has 2 saturated heterocycles. The molecule has 2 heterocycles. The molecule has 0 aliphatic carbocycles. The van der Waals surface area contributed by atoms with Crippen molar-refractivity contribution in [2.45, 2.75) is 18.9 Å². The summed E-state index contributed by atoms with van der Waals surface area (Å²) in [5.41, 5.74) is 0. The summed E-state index contributed by atoms with van der Waals surface area (Å²) >= 11 is 0. The summed E-state index contributed by atoms with van der Waals surface area (Å²) in [5.74, 6) is 0.957. The van der Waals surface area contributed by atoms with E-state index in [0.29, 0.717) is 0 Å². The summed E-state index contributed by atoms with van der Waals surface area (Å²) in [6.07, 6.45) is 2.76. The van der Waals surface area contributed by atoms with Gasteiger partial charge in [-0.2, -0.15) is 0 Å². The zero-order chi connectivity index (χ0) is 6.97. The van der Waals surface area contributed by atoms with E-state index < -0.39 is 0 Å². The molecule has 2 aliphatic heterocycles. The monoisotopic (exact) mass is 140 g/mol. The predicted molar refractivity (Wildman–Crippen MR) is 42.0 cm³/mol. The molecule has 10 heavy (non-hydrogen) atoms. The average molecular weight is 140 g/mol. The smallest absolute Gasteiger partial charge is 0.0120 e. The highest BCUT2D eigenvalue weighted by atomic mass is 15.1. The molecule has 0 aromatic rings. The fourth-order valence-corrected chi connectivity index (χ4v) is 2.23. The normalized spacial score (nSPS) is 41.7. The zero-order valence-corrected chi connectivity index (χ0v) is 6.64. The first-order chi connectivity index (χ1) is 4.86. The van der Waals surface area contributed by atoms with Crippen LogP contribution in [0.5, 0.6) is 0 Å². The Bertz CT molecular complexity index is 124. The maximum Gasteiger partial charge on any atom is 0.0120 e. The van der Waals surface area contributed by atoms with Gasteiger partial charge in [-0.3, -0.25) is 0 Å². The van der Waals surface area contributed by atoms with E-state index in [1.54, 1.807) is 0 Å². The molecule has 0 radical (unpaired) electrons. The van der Waals surface area contributed by atoms with E-state index in [2.05, 4.69) is 17.3 Å². The molecule has 0 saturated carbocycles. The van der Waals surface area contributed by atoms with Crippen LogP contribution in [0, 0.1) is 5.92 Å². The van der Waals surface area contributed by atoms with Crippen molar-refractivity contribution in [3.63, 3.8) is 0 Å². The van der Waals surface area contributed by atoms with E-state index >= 15 is 0 Å². The third-order valence-corrected chi connectivity index (χ3v) is 2.86. The first kappa shape index (κ1) is 6.62. The van der Waals surface area contributed by atoms with Gasteiger partial charge >= 0.3 is 0 Å². The van der Waals surface area contributed by atoms with Gasteiger partial charge in [0.25, 0.3) is 0 Å². The minimum atomic E-state index is 0.858. The van der Waals surface area contributed by atoms with Crippen molar-refractivity contribution < 1.29 is 0 Å². The second kappa shape index (κ2) is 2.51. The summed E-state index contributed by atoms with van der Waals surface area (Å²) < 4.78 is 0. The number of nitrogens with one attached hydrogen (secondary N) is 1. The van der Waals surface area contributed by atoms with Crippen LogP contribution in [-0.4, -0.2) is 37.6 Å². The van der Waals surface area contributed by atoms with Crippen LogP contribution >= 0.6 is 0 Å². The maximum atomic E-state index is 3.55. The summed E-state index contributed by atoms with van der Waals surface area (Å²) in [7, 11) is 2.23. The minimum absolute atomic E-state index is 0.858. The fourth-order valence-electron chi connectivity index (χ4n) is 2.23. The fraction of sp³-hybridized carbons (Fsp3) is 1.00. The van der Waals surface area contributed by atoms with Gasteiger partial charge in [0.1, 0.15) is 0 Å². The number of fused-ring (bicyclic) bond motifs is 1. The standard InChI is InChI=1S/C8H16N2/c1-10-5-3-8-7(6-10)2-4-9-8/h7-9H,2-6H2,1H3/t7-,8+/m1/s1. The molecule has 0 aromatic heterocycles. The van der Waals surface area contributed by atoms with E-state index in [4.69, 9.17) is 0 Å². The molecule has 0 amide bonds. The second-order valence-corrected chi connectivity index (χ2v) is 3.66. The Kier molecular flexibility index (Phi) is 1.66. The van der Waals surface area contributed by atoms with Gasteiger partial charge in [0.2, 0.25) is 0 Å². The van der Waals surface area contributed by atoms with Gasteiger partial charge in [-0.1, -0.05) is 0 Å². The molecule has 1 N–H and O–H groups in total. The van der Waals surface area contributed by atoms with Gasteiger partial charge in [0, 0.05) is 12.6 Å². The summed E-state index contributed by atoms with van der Waals surface area (Å²) in [6.45, 7) is 3.86. The molecule has 58 valence electrons. The van der Waals surface area contributed by atoms with E-state index in [-0.39, 0.29) is 0 Å². The van der Waals surface area contributed by atoms with Crippen LogP contribution in [0.2, 0.25) is 0 Å². The van der Waals surface area contributed by atoms with Gasteiger partial charge in [0.15, 0.2) is 0 Å². The number of hydrogen-bond donors (Lipinski definition) is 1. The van der Waals surface area contributed by atoms with Crippen LogP contribution in [0.15, 0.2) is 0 Å². The number of rotatable bonds is 0. The highest BCUT2D eigenvalue weighted by Crippen LogP contribution is 2.23. The molecule has 2 rings (SSSR count). The second-order valence-electron chi connectivity index (χ2n) is 3.66. The van der Waals surface area contributed by atoms with Gasteiger partial charge in [0.05, 0.1) is 0 Å². The topological polar surface area (TPSA) is 15.3 Å². The van der Waals surface area contributed by atoms with E-state index in [1.807, 2.05) is 0 Å². The Labute approximate surface area is 62.6 Å². The number of piperidine rings is 1. The summed E-state index contributed by atoms with van der Waals surface area (Å²) in [6, 6.07) is 0.858. The molecule has 2 atom stereocenters. The largest absolute Gasteiger partial charge is 0.314 e. The van der Waals surface area contributed by atoms with Crippen LogP contribution in [0.1, 0.15) is 12.8 Å². The third-order valence-electron chi connectivity index (χ3n) is 2.86. The van der Waals surface area contributed by atoms with Gasteiger partial charge < -0.3 is 10.2 Å². The van der Waals surface area contributed by atoms with Crippen molar-refractivity contribution in [1.29, 1.82) is 0 Å². The predicted octanol–water partition coefficient (Wildman–Crippen LogP) is 0.300. The molecule has 0 bridgehead atoms. The first-order valence-electron chi connectivity index (χ1n) is 4.28. The first-order valence-corrected chi connectivity index (χ1v) is 4.28. The van der Waals surface area contributed by atoms with Crippen LogP contribution in [0.4, 0.5) is 0 Å². The number of hydrogen-bond acceptors (Lipinski definition) is 2. The molecule has 2 nitrogen and oxygen atoms in total. The van der Waals surface area contributed by atoms with Crippen LogP contribution in [0.25, 0.3) is 0 Å². The number of nitrogens with zero attached hydrogens (tertiary/aromatic N) is 1. The van der Waals surface area contributed by atoms with Crippen molar-refractivity contribution in [3.8, 4) is 0 Å². The average Bonchev–Trinajstić information content (AvgIpc) is 2.33. The van der Waals surface area contributed by atoms with Crippen molar-refractivity contribution >= 4 is 0 Å². The molecule has 0 aromatic carbocycles. The Morgan fingerprint density at radius 3 is 3.20 bits per heavy atom. The lowest BCUT2D eigenvalue weighted by molar-refractivity contribution is 0.195. The minimum Gasteiger partial charge on any atom is -0.314 e. The molecular weight excluding hydrogens is 124 g/mol. The van der Waals surface area contributed by atoms with Gasteiger partial charge in [-0.25, -0.2) is 0 Å². The molecule has 2 aliphatic rings. The van der Waals surface area contributed by atoms with Crippen molar-refractivity contribution in [3.05, 3.63) is 0 Å². The SMILES string of the molecule is CN1CC[C@@H]2NCC[C@@H]2C1. The molecule has 2 heteroatoms. The molecule has 2 fully saturated rings. The molecule has 0 unspecified atom stereocenters. The van der Waals surface area contributed by atoms with Gasteiger partial charge in [-0.05, 0) is 38.9 Å². The quantitative estimate of drug-likeness (QED) is 0.520. The maximum absolute atomic E-state index is 3.55. The lowest BCUT2D eigenvalue weighted by Gasteiger charge is -2.31. The lowest BCUT2D eigenvalue weighted by atomic mass is 9.94. The van der Waals surface area contributed by atoms with Crippen LogP contribution < -0.4 is 5.32 Å². The lowest BCUT2D eigenvalue weighted by Crippen LogP contribution is -2.42. The summed E-state index contributed by atoms with van der Waals surface area (Å²) in [5, 5.41) is 3.55. The summed E-state index contributed by atoms with van der Waals surface area (Å²) in [4.78, 5) is 2.45. The van der Waals surface area contributed by atoms with E-state index in [0.717, 1.165) is 12.0 Å². The highest BCUT2D eigenvalue weighted by Gasteiger charge is 2.30. The van der Waals surface area contributed by atoms with Crippen LogP contribution in [0.3, 0.4) is 0 Å². The zero-order valence-electron chi connectivity index (χ0n) is 6.64. The van der Waals surface area contributed by atoms with Crippen molar-refractivity contribution in [1.82, 2.24) is 10.2 Å². The van der Waals surface area contributed by atoms with Crippen molar-refractivity contribution in [2.24, 2.45) is 5.92 Å². The Hall–Kier alpha value is -0.0800. The highest BCUT2D eigenvalue weighted by molar-refractivity contribution is 4.89. The third kappa shape index (κ3) is 1.06. The van der Waals surface area contributed by atoms with Crippen LogP contribution in [-0.2, 0) is 0 Å². The Morgan fingerprint density at radius 1 is 1.40 bits per heavy atom. The van der Waals surface area contributed by atoms with E-state index in [1.165, 1.54) is 32.5 Å². The molecular formula is C8H16N2. The Morgan fingerprint density at radius 2 is 2.30 bits per heavy atom. The van der Waals surface area contributed by atoms with Gasteiger partial charge in [-0.15, -0.1) is 0 Å². The van der Waals surface area contributed by atoms with Crippen molar-refractivity contribution in [2.75, 3.05) is 26.7 Å². The number of likely N-dealkylation sites (tertiary alicyclic amines) is 1.